The molecule has 14 heteroatoms. The van der Waals surface area contributed by atoms with Crippen LogP contribution in [0.3, 0.4) is 0 Å². The third-order valence-electron chi connectivity index (χ3n) is 8.73. The van der Waals surface area contributed by atoms with E-state index in [1.54, 1.807) is 45.4 Å². The summed E-state index contributed by atoms with van der Waals surface area (Å²) < 4.78 is 38.9. The van der Waals surface area contributed by atoms with Crippen molar-refractivity contribution in [2.45, 2.75) is 68.5 Å². The number of amides is 4. The number of carbonyl (C=O) groups excluding carboxylic acids is 4. The first-order valence-corrected chi connectivity index (χ1v) is 16.7. The fraction of sp³-hybridized carbons (Fsp3) is 0.469. The molecule has 3 N–H and O–H groups in total. The van der Waals surface area contributed by atoms with E-state index in [1.165, 1.54) is 11.0 Å². The normalized spacial score (nSPS) is 24.5. The smallest absolute Gasteiger partial charge is 0.259 e. The van der Waals surface area contributed by atoms with Gasteiger partial charge in [0.05, 0.1) is 18.9 Å². The summed E-state index contributed by atoms with van der Waals surface area (Å²) in [4.78, 5) is 59.2. The number of ether oxygens (including phenoxy) is 2. The van der Waals surface area contributed by atoms with Crippen LogP contribution in [0, 0.1) is 11.8 Å². The number of carbonyl (C=O) groups is 4. The van der Waals surface area contributed by atoms with Gasteiger partial charge < -0.3 is 25.0 Å². The van der Waals surface area contributed by atoms with E-state index in [0.29, 0.717) is 29.9 Å². The molecule has 0 radical (unpaired) electrons. The maximum absolute atomic E-state index is 14.0. The quantitative estimate of drug-likeness (QED) is 0.214. The van der Waals surface area contributed by atoms with E-state index >= 15 is 0 Å². The van der Waals surface area contributed by atoms with Crippen molar-refractivity contribution in [1.82, 2.24) is 25.2 Å². The Morgan fingerprint density at radius 2 is 1.89 bits per heavy atom. The molecule has 3 fully saturated rings. The maximum Gasteiger partial charge on any atom is 0.259 e. The zero-order valence-electron chi connectivity index (χ0n) is 26.0. The van der Waals surface area contributed by atoms with Gasteiger partial charge in [0, 0.05) is 23.9 Å². The highest BCUT2D eigenvalue weighted by Crippen LogP contribution is 2.45. The van der Waals surface area contributed by atoms with E-state index in [4.69, 9.17) is 9.47 Å². The lowest BCUT2D eigenvalue weighted by Crippen LogP contribution is -2.59. The number of pyridine rings is 1. The molecule has 4 amide bonds. The first-order valence-electron chi connectivity index (χ1n) is 15.2. The predicted molar refractivity (Wildman–Crippen MR) is 169 cm³/mol. The predicted octanol–water partition coefficient (Wildman–Crippen LogP) is 1.59. The van der Waals surface area contributed by atoms with E-state index in [9.17, 15) is 27.6 Å². The first-order chi connectivity index (χ1) is 21.8. The SMILES string of the molecule is C=CC(=O)N[C@@H](C(=O)N1C[C@H](Oc2nccc3cc(OC)ccc23)C[C@H]1C(=O)N[C@]1(C(=O)NS(=O)(=O)C2CC2)C[C@@H]1C=C)C(C)C. The van der Waals surface area contributed by atoms with Crippen molar-refractivity contribution < 1.29 is 37.1 Å². The second kappa shape index (κ2) is 12.7. The Morgan fingerprint density at radius 3 is 2.50 bits per heavy atom. The molecule has 5 rings (SSSR count). The van der Waals surface area contributed by atoms with Crippen LogP contribution < -0.4 is 24.8 Å². The number of sulfonamides is 1. The summed E-state index contributed by atoms with van der Waals surface area (Å²) in [7, 11) is -2.31. The molecule has 2 aliphatic carbocycles. The molecule has 246 valence electrons. The molecule has 13 nitrogen and oxygen atoms in total. The molecule has 1 aromatic heterocycles. The van der Waals surface area contributed by atoms with Gasteiger partial charge in [-0.05, 0) is 60.9 Å². The Kier molecular flexibility index (Phi) is 9.12. The van der Waals surface area contributed by atoms with Crippen LogP contribution in [0.2, 0.25) is 0 Å². The van der Waals surface area contributed by atoms with E-state index in [-0.39, 0.29) is 25.3 Å². The van der Waals surface area contributed by atoms with Crippen LogP contribution in [-0.4, -0.2) is 84.6 Å². The molecule has 2 aromatic rings. The summed E-state index contributed by atoms with van der Waals surface area (Å²) in [6, 6.07) is 5.13. The van der Waals surface area contributed by atoms with Crippen LogP contribution >= 0.6 is 0 Å². The van der Waals surface area contributed by atoms with Crippen LogP contribution in [0.1, 0.15) is 39.5 Å². The largest absolute Gasteiger partial charge is 0.497 e. The lowest BCUT2D eigenvalue weighted by atomic mass is 10.0. The molecular formula is C32H39N5O8S. The van der Waals surface area contributed by atoms with Gasteiger partial charge in [-0.2, -0.15) is 0 Å². The van der Waals surface area contributed by atoms with Gasteiger partial charge in [0.25, 0.3) is 5.91 Å². The van der Waals surface area contributed by atoms with Crippen LogP contribution in [0.5, 0.6) is 11.6 Å². The zero-order valence-corrected chi connectivity index (χ0v) is 26.8. The Balaban J connectivity index is 1.42. The summed E-state index contributed by atoms with van der Waals surface area (Å²) in [6.07, 6.45) is 4.58. The minimum Gasteiger partial charge on any atom is -0.497 e. The molecule has 5 atom stereocenters. The number of methoxy groups -OCH3 is 1. The van der Waals surface area contributed by atoms with Crippen molar-refractivity contribution in [2.75, 3.05) is 13.7 Å². The van der Waals surface area contributed by atoms with Gasteiger partial charge in [-0.15, -0.1) is 6.58 Å². The number of hydrogen-bond donors (Lipinski definition) is 3. The monoisotopic (exact) mass is 653 g/mol. The number of nitrogens with one attached hydrogen (secondary N) is 3. The average molecular weight is 654 g/mol. The van der Waals surface area contributed by atoms with Gasteiger partial charge in [-0.1, -0.05) is 26.5 Å². The fourth-order valence-electron chi connectivity index (χ4n) is 5.81. The number of aromatic nitrogens is 1. The average Bonchev–Trinajstić information content (AvgIpc) is 3.96. The highest BCUT2D eigenvalue weighted by Gasteiger charge is 2.62. The second-order valence-corrected chi connectivity index (χ2v) is 14.3. The molecule has 46 heavy (non-hydrogen) atoms. The fourth-order valence-corrected chi connectivity index (χ4v) is 7.17. The van der Waals surface area contributed by atoms with Crippen LogP contribution in [0.4, 0.5) is 0 Å². The Labute approximate surface area is 267 Å². The third kappa shape index (κ3) is 6.57. The number of nitrogens with zero attached hydrogens (tertiary/aromatic N) is 2. The van der Waals surface area contributed by atoms with Gasteiger partial charge >= 0.3 is 0 Å². The molecule has 0 spiro atoms. The van der Waals surface area contributed by atoms with Crippen LogP contribution in [0.25, 0.3) is 10.8 Å². The lowest BCUT2D eigenvalue weighted by molar-refractivity contribution is -0.142. The standard InChI is InChI=1S/C32H39N5O8S/c1-6-20-16-32(20,31(41)36-46(42,43)23-9-10-23)35-28(39)25-15-22(17-37(25)30(40)27(18(3)4)34-26(38)7-2)45-29-24-11-8-21(44-5)14-19(24)12-13-33-29/h6-8,11-14,18,20,22-23,25,27H,1-2,9-10,15-17H2,3-5H3,(H,34,38)(H,35,39)(H,36,41)/t20-,22+,25-,27+,32+/m0/s1. The van der Waals surface area contributed by atoms with Crippen molar-refractivity contribution in [2.24, 2.45) is 11.8 Å². The van der Waals surface area contributed by atoms with Crippen LogP contribution in [-0.2, 0) is 29.2 Å². The van der Waals surface area contributed by atoms with Crippen molar-refractivity contribution in [3.05, 3.63) is 55.8 Å². The molecule has 0 bridgehead atoms. The van der Waals surface area contributed by atoms with Crippen LogP contribution in [0.15, 0.2) is 55.8 Å². The zero-order chi connectivity index (χ0) is 33.4. The summed E-state index contributed by atoms with van der Waals surface area (Å²) >= 11 is 0. The first kappa shape index (κ1) is 32.9. The molecule has 2 heterocycles. The molecule has 0 unspecified atom stereocenters. The Morgan fingerprint density at radius 1 is 1.15 bits per heavy atom. The number of fused-ring (bicyclic) bond motifs is 1. The van der Waals surface area contributed by atoms with E-state index in [1.807, 2.05) is 6.07 Å². The summed E-state index contributed by atoms with van der Waals surface area (Å²) in [6.45, 7) is 10.7. The Hall–Kier alpha value is -4.46. The number of hydrogen-bond acceptors (Lipinski definition) is 9. The van der Waals surface area contributed by atoms with E-state index in [2.05, 4.69) is 33.5 Å². The van der Waals surface area contributed by atoms with E-state index in [0.717, 1.165) is 11.5 Å². The highest BCUT2D eigenvalue weighted by atomic mass is 32.2. The minimum absolute atomic E-state index is 0.0154. The molecule has 3 aliphatic rings. The Bertz CT molecular complexity index is 1690. The van der Waals surface area contributed by atoms with Gasteiger partial charge in [-0.25, -0.2) is 13.4 Å². The topological polar surface area (TPSA) is 173 Å². The number of likely N-dealkylation sites (tertiary alicyclic amines) is 1. The maximum atomic E-state index is 14.0. The number of rotatable bonds is 13. The molecule has 1 aliphatic heterocycles. The van der Waals surface area contributed by atoms with Crippen molar-refractivity contribution in [3.8, 4) is 11.6 Å². The van der Waals surface area contributed by atoms with Gasteiger partial charge in [0.2, 0.25) is 33.6 Å². The van der Waals surface area contributed by atoms with Gasteiger partial charge in [0.15, 0.2) is 0 Å². The molecule has 1 aromatic carbocycles. The highest BCUT2D eigenvalue weighted by molar-refractivity contribution is 7.91. The molecule has 2 saturated carbocycles. The number of benzene rings is 1. The summed E-state index contributed by atoms with van der Waals surface area (Å²) in [5, 5.41) is 6.29. The van der Waals surface area contributed by atoms with Crippen molar-refractivity contribution in [1.29, 1.82) is 0 Å². The minimum atomic E-state index is -3.87. The lowest BCUT2D eigenvalue weighted by Gasteiger charge is -2.31. The van der Waals surface area contributed by atoms with Gasteiger partial charge in [0.1, 0.15) is 29.5 Å². The summed E-state index contributed by atoms with van der Waals surface area (Å²) in [5.41, 5.74) is -1.53. The van der Waals surface area contributed by atoms with Crippen molar-refractivity contribution in [3.63, 3.8) is 0 Å². The van der Waals surface area contributed by atoms with E-state index < -0.39 is 68.5 Å². The van der Waals surface area contributed by atoms with Crippen molar-refractivity contribution >= 4 is 44.4 Å². The molecule has 1 saturated heterocycles. The molecular weight excluding hydrogens is 614 g/mol. The third-order valence-corrected chi connectivity index (χ3v) is 10.5. The van der Waals surface area contributed by atoms with Gasteiger partial charge in [-0.3, -0.25) is 23.9 Å². The second-order valence-electron chi connectivity index (χ2n) is 12.3. The summed E-state index contributed by atoms with van der Waals surface area (Å²) in [5.74, 6) is -2.45.